The molecule has 2 nitrogen and oxygen atoms in total. The van der Waals surface area contributed by atoms with Crippen molar-refractivity contribution in [2.75, 3.05) is 6.61 Å². The van der Waals surface area contributed by atoms with E-state index in [1.54, 1.807) is 0 Å². The van der Waals surface area contributed by atoms with Crippen LogP contribution in [0.3, 0.4) is 0 Å². The molecule has 1 unspecified atom stereocenters. The van der Waals surface area contributed by atoms with Crippen LogP contribution in [0.1, 0.15) is 42.5 Å². The smallest absolute Gasteiger partial charge is 0.169 e. The highest BCUT2D eigenvalue weighted by molar-refractivity contribution is 5.98. The van der Waals surface area contributed by atoms with E-state index in [4.69, 9.17) is 4.74 Å². The highest BCUT2D eigenvalue weighted by atomic mass is 19.1. The lowest BCUT2D eigenvalue weighted by Gasteiger charge is -2.46. The van der Waals surface area contributed by atoms with Crippen molar-refractivity contribution in [1.29, 1.82) is 0 Å². The van der Waals surface area contributed by atoms with Crippen molar-refractivity contribution >= 4 is 5.78 Å². The van der Waals surface area contributed by atoms with Crippen molar-refractivity contribution < 1.29 is 18.3 Å². The van der Waals surface area contributed by atoms with Crippen LogP contribution < -0.4 is 0 Å². The van der Waals surface area contributed by atoms with Crippen LogP contribution in [0.2, 0.25) is 0 Å². The van der Waals surface area contributed by atoms with E-state index in [0.29, 0.717) is 19.4 Å². The first-order valence-corrected chi connectivity index (χ1v) is 6.73. The first-order valence-electron chi connectivity index (χ1n) is 6.73. The van der Waals surface area contributed by atoms with Crippen molar-refractivity contribution in [3.63, 3.8) is 0 Å². The van der Waals surface area contributed by atoms with Crippen LogP contribution in [0.5, 0.6) is 0 Å². The van der Waals surface area contributed by atoms with Crippen LogP contribution in [0.25, 0.3) is 0 Å². The fourth-order valence-electron chi connectivity index (χ4n) is 3.08. The molecular weight excluding hydrogens is 250 g/mol. The normalized spacial score (nSPS) is 25.1. The van der Waals surface area contributed by atoms with Crippen LogP contribution in [-0.2, 0) is 4.74 Å². The minimum atomic E-state index is -0.765. The standard InChI is InChI=1S/C15H16F2O2/c16-11-2-3-12(13(17)8-11)14(18)10-4-7-19-15(9-10)5-1-6-15/h2-3,8,10H,1,4-7,9H2. The lowest BCUT2D eigenvalue weighted by Crippen LogP contribution is -2.47. The van der Waals surface area contributed by atoms with Gasteiger partial charge in [0.2, 0.25) is 0 Å². The summed E-state index contributed by atoms with van der Waals surface area (Å²) in [4.78, 5) is 12.3. The quantitative estimate of drug-likeness (QED) is 0.766. The monoisotopic (exact) mass is 266 g/mol. The summed E-state index contributed by atoms with van der Waals surface area (Å²) in [6, 6.07) is 3.15. The number of carbonyl (C=O) groups excluding carboxylic acids is 1. The number of hydrogen-bond acceptors (Lipinski definition) is 2. The molecule has 102 valence electrons. The molecule has 2 aliphatic rings. The number of ketones is 1. The largest absolute Gasteiger partial charge is 0.375 e. The Bertz CT molecular complexity index is 509. The summed E-state index contributed by atoms with van der Waals surface area (Å²) >= 11 is 0. The summed E-state index contributed by atoms with van der Waals surface area (Å²) in [5.74, 6) is -1.84. The molecule has 1 aromatic rings. The van der Waals surface area contributed by atoms with E-state index < -0.39 is 11.6 Å². The van der Waals surface area contributed by atoms with Gasteiger partial charge in [-0.15, -0.1) is 0 Å². The zero-order chi connectivity index (χ0) is 13.5. The Morgan fingerprint density at radius 1 is 1.32 bits per heavy atom. The van der Waals surface area contributed by atoms with Gasteiger partial charge in [0.15, 0.2) is 5.78 Å². The topological polar surface area (TPSA) is 26.3 Å². The van der Waals surface area contributed by atoms with Gasteiger partial charge in [0.1, 0.15) is 11.6 Å². The van der Waals surface area contributed by atoms with Gasteiger partial charge < -0.3 is 4.74 Å². The van der Waals surface area contributed by atoms with Gasteiger partial charge in [0.05, 0.1) is 11.2 Å². The van der Waals surface area contributed by atoms with Crippen LogP contribution in [0.15, 0.2) is 18.2 Å². The maximum atomic E-state index is 13.7. The van der Waals surface area contributed by atoms with Gasteiger partial charge in [-0.25, -0.2) is 8.78 Å². The second kappa shape index (κ2) is 4.67. The van der Waals surface area contributed by atoms with Crippen molar-refractivity contribution in [1.82, 2.24) is 0 Å². The van der Waals surface area contributed by atoms with E-state index in [1.165, 1.54) is 6.07 Å². The van der Waals surface area contributed by atoms with Gasteiger partial charge in [-0.1, -0.05) is 0 Å². The number of ether oxygens (including phenoxy) is 1. The molecular formula is C15H16F2O2. The Labute approximate surface area is 110 Å². The van der Waals surface area contributed by atoms with Crippen LogP contribution in [-0.4, -0.2) is 18.0 Å². The van der Waals surface area contributed by atoms with Gasteiger partial charge in [0.25, 0.3) is 0 Å². The summed E-state index contributed by atoms with van der Waals surface area (Å²) in [5, 5.41) is 0. The average molecular weight is 266 g/mol. The first kappa shape index (κ1) is 12.7. The molecule has 0 N–H and O–H groups in total. The first-order chi connectivity index (χ1) is 9.10. The van der Waals surface area contributed by atoms with Crippen molar-refractivity contribution in [2.24, 2.45) is 5.92 Å². The molecule has 1 aromatic carbocycles. The number of rotatable bonds is 2. The number of benzene rings is 1. The second-order valence-corrected chi connectivity index (χ2v) is 5.56. The maximum absolute atomic E-state index is 13.7. The molecule has 1 atom stereocenters. The van der Waals surface area contributed by atoms with Gasteiger partial charge in [-0.05, 0) is 44.2 Å². The Morgan fingerprint density at radius 3 is 2.74 bits per heavy atom. The number of hydrogen-bond donors (Lipinski definition) is 0. The average Bonchev–Trinajstić information content (AvgIpc) is 2.36. The predicted molar refractivity (Wildman–Crippen MR) is 65.9 cm³/mol. The molecule has 0 aromatic heterocycles. The third-order valence-corrected chi connectivity index (χ3v) is 4.33. The summed E-state index contributed by atoms with van der Waals surface area (Å²) in [6.45, 7) is 0.555. The Balaban J connectivity index is 1.79. The SMILES string of the molecule is O=C(c1ccc(F)cc1F)C1CCOC2(CCC2)C1. The minimum Gasteiger partial charge on any atom is -0.375 e. The van der Waals surface area contributed by atoms with E-state index in [2.05, 4.69) is 0 Å². The Morgan fingerprint density at radius 2 is 2.11 bits per heavy atom. The lowest BCUT2D eigenvalue weighted by atomic mass is 9.70. The maximum Gasteiger partial charge on any atom is 0.169 e. The molecule has 4 heteroatoms. The molecule has 0 bridgehead atoms. The van der Waals surface area contributed by atoms with E-state index in [0.717, 1.165) is 31.4 Å². The van der Waals surface area contributed by atoms with Gasteiger partial charge in [-0.2, -0.15) is 0 Å². The molecule has 1 heterocycles. The van der Waals surface area contributed by atoms with Crippen LogP contribution in [0.4, 0.5) is 8.78 Å². The van der Waals surface area contributed by atoms with Gasteiger partial charge in [-0.3, -0.25) is 4.79 Å². The summed E-state index contributed by atoms with van der Waals surface area (Å²) in [6.07, 6.45) is 4.40. The number of carbonyl (C=O) groups is 1. The summed E-state index contributed by atoms with van der Waals surface area (Å²) in [5.41, 5.74) is -0.141. The summed E-state index contributed by atoms with van der Waals surface area (Å²) in [7, 11) is 0. The highest BCUT2D eigenvalue weighted by Crippen LogP contribution is 2.44. The van der Waals surface area contributed by atoms with Crippen molar-refractivity contribution in [3.05, 3.63) is 35.4 Å². The Kier molecular flexibility index (Phi) is 3.13. The molecule has 19 heavy (non-hydrogen) atoms. The fraction of sp³-hybridized carbons (Fsp3) is 0.533. The van der Waals surface area contributed by atoms with E-state index >= 15 is 0 Å². The molecule has 1 saturated carbocycles. The van der Waals surface area contributed by atoms with E-state index in [9.17, 15) is 13.6 Å². The van der Waals surface area contributed by atoms with E-state index in [1.807, 2.05) is 0 Å². The van der Waals surface area contributed by atoms with Crippen molar-refractivity contribution in [2.45, 2.75) is 37.7 Å². The third kappa shape index (κ3) is 2.29. The molecule has 3 rings (SSSR count). The predicted octanol–water partition coefficient (Wildman–Crippen LogP) is 3.50. The molecule has 2 fully saturated rings. The molecule has 1 aliphatic carbocycles. The molecule has 1 saturated heterocycles. The molecule has 0 amide bonds. The fourth-order valence-corrected chi connectivity index (χ4v) is 3.08. The molecule has 0 radical (unpaired) electrons. The molecule has 1 aliphatic heterocycles. The molecule has 1 spiro atoms. The van der Waals surface area contributed by atoms with Crippen LogP contribution in [0, 0.1) is 17.6 Å². The van der Waals surface area contributed by atoms with Gasteiger partial charge >= 0.3 is 0 Å². The zero-order valence-electron chi connectivity index (χ0n) is 10.6. The second-order valence-electron chi connectivity index (χ2n) is 5.56. The van der Waals surface area contributed by atoms with Crippen molar-refractivity contribution in [3.8, 4) is 0 Å². The lowest BCUT2D eigenvalue weighted by molar-refractivity contribution is -0.137. The van der Waals surface area contributed by atoms with Crippen LogP contribution >= 0.6 is 0 Å². The number of Topliss-reactive ketones (excluding diaryl/α,β-unsaturated/α-hetero) is 1. The Hall–Kier alpha value is -1.29. The van der Waals surface area contributed by atoms with Gasteiger partial charge in [0, 0.05) is 18.6 Å². The third-order valence-electron chi connectivity index (χ3n) is 4.33. The zero-order valence-corrected chi connectivity index (χ0v) is 10.6. The minimum absolute atomic E-state index is 0.00257. The highest BCUT2D eigenvalue weighted by Gasteiger charge is 2.44. The summed E-state index contributed by atoms with van der Waals surface area (Å²) < 4.78 is 32.3. The van der Waals surface area contributed by atoms with E-state index in [-0.39, 0.29) is 22.9 Å². The number of halogens is 2.